The third-order valence-electron chi connectivity index (χ3n) is 9.37. The molecule has 3 fully saturated rings. The number of carbonyl (C=O) groups excluding carboxylic acids is 4. The zero-order chi connectivity index (χ0) is 31.2. The third kappa shape index (κ3) is 4.14. The molecular formula is C30H26Br2Cl2N2O7. The fourth-order valence-corrected chi connectivity index (χ4v) is 9.22. The molecule has 4 aliphatic rings. The van der Waals surface area contributed by atoms with Gasteiger partial charge in [-0.15, -0.1) is 23.2 Å². The van der Waals surface area contributed by atoms with Gasteiger partial charge in [0.25, 0.3) is 11.8 Å². The van der Waals surface area contributed by atoms with Gasteiger partial charge in [0.15, 0.2) is 21.2 Å². The summed E-state index contributed by atoms with van der Waals surface area (Å²) in [6.07, 6.45) is 2.37. The number of methoxy groups -OCH3 is 1. The number of nitrogens with zero attached hydrogens (tertiary/aromatic N) is 2. The van der Waals surface area contributed by atoms with Crippen molar-refractivity contribution in [3.63, 3.8) is 0 Å². The molecule has 0 bridgehead atoms. The molecule has 6 atom stereocenters. The van der Waals surface area contributed by atoms with Gasteiger partial charge in [-0.25, -0.2) is 0 Å². The van der Waals surface area contributed by atoms with Crippen molar-refractivity contribution in [2.24, 2.45) is 17.8 Å². The van der Waals surface area contributed by atoms with Crippen LogP contribution in [-0.4, -0.2) is 74.1 Å². The number of aromatic hydroxyl groups is 2. The normalized spacial score (nSPS) is 31.6. The molecule has 2 heterocycles. The fraction of sp³-hybridized carbons (Fsp3) is 0.400. The van der Waals surface area contributed by atoms with Crippen LogP contribution in [0.4, 0.5) is 0 Å². The van der Waals surface area contributed by atoms with E-state index in [4.69, 9.17) is 27.9 Å². The molecule has 226 valence electrons. The van der Waals surface area contributed by atoms with E-state index in [0.717, 1.165) is 10.5 Å². The van der Waals surface area contributed by atoms with Crippen LogP contribution in [-0.2, 0) is 25.6 Å². The predicted octanol–water partition coefficient (Wildman–Crippen LogP) is 4.86. The summed E-state index contributed by atoms with van der Waals surface area (Å²) in [6, 6.07) is 8.10. The number of allylic oxidation sites excluding steroid dienone is 2. The molecular weight excluding hydrogens is 731 g/mol. The van der Waals surface area contributed by atoms with Crippen LogP contribution in [0.5, 0.6) is 17.2 Å². The molecule has 2 aliphatic heterocycles. The molecule has 2 saturated heterocycles. The Labute approximate surface area is 274 Å². The molecule has 13 heteroatoms. The highest BCUT2D eigenvalue weighted by Gasteiger charge is 2.76. The lowest BCUT2D eigenvalue weighted by Crippen LogP contribution is -2.60. The Morgan fingerprint density at radius 2 is 1.67 bits per heavy atom. The van der Waals surface area contributed by atoms with Gasteiger partial charge in [0, 0.05) is 24.0 Å². The van der Waals surface area contributed by atoms with E-state index in [0.29, 0.717) is 22.0 Å². The number of phenols is 2. The Bertz CT molecular complexity index is 1630. The van der Waals surface area contributed by atoms with Gasteiger partial charge in [-0.05, 0) is 86.4 Å². The first-order valence-corrected chi connectivity index (χ1v) is 15.9. The zero-order valence-corrected chi connectivity index (χ0v) is 27.6. The van der Waals surface area contributed by atoms with Gasteiger partial charge < -0.3 is 14.9 Å². The summed E-state index contributed by atoms with van der Waals surface area (Å²) in [5.41, 5.74) is 1.91. The lowest BCUT2D eigenvalue weighted by molar-refractivity contribution is -0.141. The van der Waals surface area contributed by atoms with Crippen LogP contribution in [0, 0.1) is 17.8 Å². The number of halogens is 4. The molecule has 2 aromatic rings. The largest absolute Gasteiger partial charge is 0.508 e. The number of fused-ring (bicyclic) bond motifs is 4. The molecule has 2 aliphatic carbocycles. The molecule has 0 aromatic heterocycles. The number of hydrogen-bond donors (Lipinski definition) is 2. The zero-order valence-electron chi connectivity index (χ0n) is 22.9. The number of carbonyl (C=O) groups is 4. The minimum Gasteiger partial charge on any atom is -0.508 e. The monoisotopic (exact) mass is 754 g/mol. The second-order valence-electron chi connectivity index (χ2n) is 11.4. The topological polar surface area (TPSA) is 124 Å². The molecule has 2 aromatic carbocycles. The van der Waals surface area contributed by atoms with Gasteiger partial charge in [0.1, 0.15) is 5.75 Å². The summed E-state index contributed by atoms with van der Waals surface area (Å²) in [4.78, 5) is 53.4. The summed E-state index contributed by atoms with van der Waals surface area (Å²) in [5, 5.41) is 20.2. The average Bonchev–Trinajstić information content (AvgIpc) is 3.30. The first-order valence-electron chi connectivity index (χ1n) is 13.6. The van der Waals surface area contributed by atoms with Gasteiger partial charge in [0.2, 0.25) is 11.8 Å². The molecule has 6 unspecified atom stereocenters. The van der Waals surface area contributed by atoms with Crippen molar-refractivity contribution in [1.82, 2.24) is 9.80 Å². The van der Waals surface area contributed by atoms with Crippen LogP contribution < -0.4 is 4.74 Å². The maximum Gasteiger partial charge on any atom is 0.253 e. The van der Waals surface area contributed by atoms with E-state index in [2.05, 4.69) is 31.9 Å². The summed E-state index contributed by atoms with van der Waals surface area (Å²) in [6.45, 7) is 0.153. The van der Waals surface area contributed by atoms with Gasteiger partial charge >= 0.3 is 0 Å². The Morgan fingerprint density at radius 1 is 1.00 bits per heavy atom. The number of amides is 4. The van der Waals surface area contributed by atoms with Crippen LogP contribution in [0.25, 0.3) is 0 Å². The molecule has 2 N–H and O–H groups in total. The standard InChI is InChI=1S/C30H26Br2Cl2N2O7/c1-35-27(41)29(33)12-18-15(21(30(29,34)28(35)42)17-11-19(43-2)24(38)23(32)22(17)31)7-8-16-20(18)26(40)36(25(16)39)10-9-13-3-5-14(37)6-4-13/h3-7,11,16,18,20-21,37-38H,8-10,12H2,1-2H3. The smallest absolute Gasteiger partial charge is 0.253 e. The molecule has 0 spiro atoms. The van der Waals surface area contributed by atoms with E-state index in [1.807, 2.05) is 6.08 Å². The van der Waals surface area contributed by atoms with Crippen molar-refractivity contribution in [3.8, 4) is 17.2 Å². The highest BCUT2D eigenvalue weighted by molar-refractivity contribution is 9.13. The van der Waals surface area contributed by atoms with Crippen molar-refractivity contribution in [2.45, 2.75) is 34.9 Å². The molecule has 0 radical (unpaired) electrons. The number of benzene rings is 2. The van der Waals surface area contributed by atoms with Gasteiger partial charge in [0.05, 0.1) is 23.4 Å². The fourth-order valence-electron chi connectivity index (χ4n) is 7.26. The van der Waals surface area contributed by atoms with Crippen LogP contribution >= 0.6 is 55.1 Å². The summed E-state index contributed by atoms with van der Waals surface area (Å²) < 4.78 is 6.01. The number of likely N-dealkylation sites (tertiary alicyclic amines) is 2. The maximum absolute atomic E-state index is 14.0. The summed E-state index contributed by atoms with van der Waals surface area (Å²) in [7, 11) is 2.70. The average molecular weight is 757 g/mol. The predicted molar refractivity (Wildman–Crippen MR) is 164 cm³/mol. The first kappa shape index (κ1) is 30.4. The number of rotatable bonds is 5. The second-order valence-corrected chi connectivity index (χ2v) is 14.2. The van der Waals surface area contributed by atoms with Gasteiger partial charge in [-0.3, -0.25) is 29.0 Å². The summed E-state index contributed by atoms with van der Waals surface area (Å²) >= 11 is 21.4. The van der Waals surface area contributed by atoms with E-state index < -0.39 is 45.2 Å². The molecule has 6 rings (SSSR count). The number of hydrogen-bond acceptors (Lipinski definition) is 7. The number of imide groups is 2. The van der Waals surface area contributed by atoms with Gasteiger partial charge in [-0.1, -0.05) is 23.8 Å². The van der Waals surface area contributed by atoms with E-state index in [1.165, 1.54) is 25.1 Å². The highest BCUT2D eigenvalue weighted by Crippen LogP contribution is 2.66. The minimum atomic E-state index is -1.97. The first-order chi connectivity index (χ1) is 20.3. The molecule has 1 saturated carbocycles. The SMILES string of the molecule is COc1cc(C2C3=CCC4C(=O)N(CCc5ccc(O)cc5)C(=O)C4C3CC3(Cl)C(=O)N(C)C(=O)C23Cl)c(Br)c(Br)c1O. The van der Waals surface area contributed by atoms with E-state index >= 15 is 0 Å². The summed E-state index contributed by atoms with van der Waals surface area (Å²) in [5.74, 6) is -5.13. The van der Waals surface area contributed by atoms with E-state index in [-0.39, 0.29) is 52.9 Å². The third-order valence-corrected chi connectivity index (χ3v) is 12.9. The highest BCUT2D eigenvalue weighted by atomic mass is 79.9. The second kappa shape index (κ2) is 10.5. The van der Waals surface area contributed by atoms with Crippen molar-refractivity contribution in [1.29, 1.82) is 0 Å². The number of alkyl halides is 2. The minimum absolute atomic E-state index is 0.0968. The quantitative estimate of drug-likeness (QED) is 0.254. The van der Waals surface area contributed by atoms with E-state index in [1.54, 1.807) is 24.3 Å². The van der Waals surface area contributed by atoms with Crippen molar-refractivity contribution < 1.29 is 34.1 Å². The number of ether oxygens (including phenoxy) is 1. The molecule has 9 nitrogen and oxygen atoms in total. The molecule has 4 amide bonds. The Kier molecular flexibility index (Phi) is 7.43. The Balaban J connectivity index is 1.46. The van der Waals surface area contributed by atoms with Crippen molar-refractivity contribution in [3.05, 3.63) is 62.1 Å². The lowest BCUT2D eigenvalue weighted by atomic mass is 9.56. The van der Waals surface area contributed by atoms with Crippen LogP contribution in [0.15, 0.2) is 50.9 Å². The van der Waals surface area contributed by atoms with Crippen molar-refractivity contribution in [2.75, 3.05) is 20.7 Å². The van der Waals surface area contributed by atoms with Crippen LogP contribution in [0.1, 0.15) is 29.9 Å². The van der Waals surface area contributed by atoms with Gasteiger partial charge in [-0.2, -0.15) is 0 Å². The van der Waals surface area contributed by atoms with Crippen molar-refractivity contribution >= 4 is 78.7 Å². The molecule has 43 heavy (non-hydrogen) atoms. The Hall–Kier alpha value is -2.60. The number of phenolic OH excluding ortho intramolecular Hbond substituents is 2. The lowest BCUT2D eigenvalue weighted by Gasteiger charge is -2.51. The van der Waals surface area contributed by atoms with E-state index in [9.17, 15) is 29.4 Å². The Morgan fingerprint density at radius 3 is 2.33 bits per heavy atom. The van der Waals surface area contributed by atoms with Crippen LogP contribution in [0.2, 0.25) is 0 Å². The van der Waals surface area contributed by atoms with Crippen LogP contribution in [0.3, 0.4) is 0 Å². The maximum atomic E-state index is 14.0.